The Morgan fingerprint density at radius 3 is 1.93 bits per heavy atom. The van der Waals surface area contributed by atoms with E-state index in [0.29, 0.717) is 27.4 Å². The Kier molecular flexibility index (Phi) is 6.87. The van der Waals surface area contributed by atoms with Gasteiger partial charge in [0.1, 0.15) is 0 Å². The van der Waals surface area contributed by atoms with E-state index in [9.17, 15) is 14.4 Å². The Hall–Kier alpha value is -3.58. The number of rotatable bonds is 5. The molecule has 152 valence electrons. The van der Waals surface area contributed by atoms with Gasteiger partial charge < -0.3 is 15.5 Å². The summed E-state index contributed by atoms with van der Waals surface area (Å²) in [6.07, 6.45) is 0. The third-order valence-corrected chi connectivity index (χ3v) is 5.25. The molecular weight excluding hydrogens is 398 g/mol. The maximum absolute atomic E-state index is 12.6. The van der Waals surface area contributed by atoms with Crippen LogP contribution in [0.5, 0.6) is 0 Å². The second kappa shape index (κ2) is 9.76. The molecule has 3 amide bonds. The van der Waals surface area contributed by atoms with Crippen LogP contribution in [0.4, 0.5) is 16.2 Å². The van der Waals surface area contributed by atoms with Gasteiger partial charge >= 0.3 is 0 Å². The molecule has 0 radical (unpaired) electrons. The number of para-hydroxylation sites is 1. The summed E-state index contributed by atoms with van der Waals surface area (Å²) in [6, 6.07) is 22.6. The van der Waals surface area contributed by atoms with Crippen LogP contribution >= 0.6 is 11.8 Å². The molecule has 0 aliphatic carbocycles. The summed E-state index contributed by atoms with van der Waals surface area (Å²) >= 11 is 1.05. The minimum atomic E-state index is -0.304. The summed E-state index contributed by atoms with van der Waals surface area (Å²) < 4.78 is 0. The molecule has 3 aromatic carbocycles. The molecule has 0 aliphatic rings. The summed E-state index contributed by atoms with van der Waals surface area (Å²) in [7, 11) is 3.35. The number of benzene rings is 3. The maximum Gasteiger partial charge on any atom is 0.286 e. The monoisotopic (exact) mass is 419 g/mol. The van der Waals surface area contributed by atoms with Crippen molar-refractivity contribution in [3.05, 3.63) is 90.0 Å². The van der Waals surface area contributed by atoms with Crippen LogP contribution in [-0.2, 0) is 0 Å². The van der Waals surface area contributed by atoms with E-state index in [1.807, 2.05) is 12.1 Å². The molecule has 0 fully saturated rings. The molecule has 30 heavy (non-hydrogen) atoms. The van der Waals surface area contributed by atoms with Crippen molar-refractivity contribution in [2.75, 3.05) is 24.7 Å². The molecule has 2 N–H and O–H groups in total. The highest BCUT2D eigenvalue weighted by molar-refractivity contribution is 8.13. The standard InChI is InChI=1S/C23H21N3O3S/c1-26(2)23(29)30-20-11-7-6-10-19(20)25-22(28)17-12-14-18(15-13-17)24-21(27)16-8-4-3-5-9-16/h3-15H,1-2H3,(H,24,27)(H,25,28). The van der Waals surface area contributed by atoms with Gasteiger partial charge in [0.2, 0.25) is 0 Å². The van der Waals surface area contributed by atoms with Crippen molar-refractivity contribution in [2.45, 2.75) is 4.90 Å². The number of nitrogens with one attached hydrogen (secondary N) is 2. The van der Waals surface area contributed by atoms with Crippen molar-refractivity contribution in [3.8, 4) is 0 Å². The molecule has 3 rings (SSSR count). The lowest BCUT2D eigenvalue weighted by atomic mass is 10.1. The maximum atomic E-state index is 12.6. The fourth-order valence-electron chi connectivity index (χ4n) is 2.54. The van der Waals surface area contributed by atoms with Gasteiger partial charge in [0.25, 0.3) is 17.1 Å². The molecule has 0 bridgehead atoms. The lowest BCUT2D eigenvalue weighted by molar-refractivity contribution is 0.101. The number of hydrogen-bond acceptors (Lipinski definition) is 4. The van der Waals surface area contributed by atoms with Crippen LogP contribution in [0.25, 0.3) is 0 Å². The van der Waals surface area contributed by atoms with Gasteiger partial charge in [-0.1, -0.05) is 30.3 Å². The van der Waals surface area contributed by atoms with E-state index in [2.05, 4.69) is 10.6 Å². The lowest BCUT2D eigenvalue weighted by Gasteiger charge is -2.13. The molecule has 0 heterocycles. The zero-order valence-electron chi connectivity index (χ0n) is 16.6. The molecule has 0 aliphatic heterocycles. The molecular formula is C23H21N3O3S. The topological polar surface area (TPSA) is 78.5 Å². The number of anilines is 2. The molecule has 7 heteroatoms. The molecule has 3 aromatic rings. The highest BCUT2D eigenvalue weighted by Crippen LogP contribution is 2.29. The highest BCUT2D eigenvalue weighted by Gasteiger charge is 2.14. The van der Waals surface area contributed by atoms with Crippen molar-refractivity contribution in [2.24, 2.45) is 0 Å². The third-order valence-electron chi connectivity index (χ3n) is 4.14. The van der Waals surface area contributed by atoms with E-state index in [-0.39, 0.29) is 17.1 Å². The Morgan fingerprint density at radius 1 is 0.700 bits per heavy atom. The lowest BCUT2D eigenvalue weighted by Crippen LogP contribution is -2.17. The first-order valence-electron chi connectivity index (χ1n) is 9.20. The average Bonchev–Trinajstić information content (AvgIpc) is 2.76. The predicted octanol–water partition coefficient (Wildman–Crippen LogP) is 4.96. The fraction of sp³-hybridized carbons (Fsp3) is 0.0870. The van der Waals surface area contributed by atoms with E-state index in [4.69, 9.17) is 0 Å². The normalized spacial score (nSPS) is 10.2. The number of hydrogen-bond donors (Lipinski definition) is 2. The van der Waals surface area contributed by atoms with Crippen molar-refractivity contribution in [1.29, 1.82) is 0 Å². The van der Waals surface area contributed by atoms with Gasteiger partial charge in [0.05, 0.1) is 5.69 Å². The summed E-state index contributed by atoms with van der Waals surface area (Å²) in [5.41, 5.74) is 2.14. The van der Waals surface area contributed by atoms with E-state index in [0.717, 1.165) is 11.8 Å². The van der Waals surface area contributed by atoms with Gasteiger partial charge in [-0.2, -0.15) is 0 Å². The molecule has 0 spiro atoms. The Balaban J connectivity index is 1.67. The van der Waals surface area contributed by atoms with Crippen LogP contribution in [0.15, 0.2) is 83.8 Å². The number of nitrogens with zero attached hydrogens (tertiary/aromatic N) is 1. The van der Waals surface area contributed by atoms with Gasteiger partial charge in [-0.3, -0.25) is 14.4 Å². The zero-order chi connectivity index (χ0) is 21.5. The van der Waals surface area contributed by atoms with E-state index >= 15 is 0 Å². The average molecular weight is 420 g/mol. The number of carbonyl (C=O) groups is 3. The van der Waals surface area contributed by atoms with Crippen molar-refractivity contribution >= 4 is 40.2 Å². The summed E-state index contributed by atoms with van der Waals surface area (Å²) in [6.45, 7) is 0. The summed E-state index contributed by atoms with van der Waals surface area (Å²) in [5, 5.41) is 5.51. The fourth-order valence-corrected chi connectivity index (χ4v) is 3.28. The summed E-state index contributed by atoms with van der Waals surface area (Å²) in [4.78, 5) is 39.0. The van der Waals surface area contributed by atoms with Gasteiger partial charge in [-0.15, -0.1) is 0 Å². The van der Waals surface area contributed by atoms with E-state index in [1.165, 1.54) is 4.90 Å². The first-order valence-corrected chi connectivity index (χ1v) is 10.0. The highest BCUT2D eigenvalue weighted by atomic mass is 32.2. The smallest absolute Gasteiger partial charge is 0.286 e. The van der Waals surface area contributed by atoms with Crippen LogP contribution in [0, 0.1) is 0 Å². The van der Waals surface area contributed by atoms with Gasteiger partial charge in [0, 0.05) is 35.8 Å². The Bertz CT molecular complexity index is 1050. The van der Waals surface area contributed by atoms with E-state index < -0.39 is 0 Å². The molecule has 0 atom stereocenters. The largest absolute Gasteiger partial charge is 0.339 e. The molecule has 0 aromatic heterocycles. The molecule has 0 saturated carbocycles. The van der Waals surface area contributed by atoms with Crippen molar-refractivity contribution in [1.82, 2.24) is 4.90 Å². The number of thioether (sulfide) groups is 1. The molecule has 6 nitrogen and oxygen atoms in total. The Labute approximate surface area is 179 Å². The molecule has 0 saturated heterocycles. The van der Waals surface area contributed by atoms with Gasteiger partial charge in [0.15, 0.2) is 0 Å². The number of amides is 3. The van der Waals surface area contributed by atoms with Crippen LogP contribution in [0.3, 0.4) is 0 Å². The first kappa shape index (κ1) is 21.1. The van der Waals surface area contributed by atoms with E-state index in [1.54, 1.807) is 80.8 Å². The van der Waals surface area contributed by atoms with Crippen LogP contribution in [0.2, 0.25) is 0 Å². The van der Waals surface area contributed by atoms with Crippen LogP contribution in [-0.4, -0.2) is 36.0 Å². The quantitative estimate of drug-likeness (QED) is 0.573. The first-order chi connectivity index (χ1) is 14.4. The van der Waals surface area contributed by atoms with Crippen LogP contribution < -0.4 is 10.6 Å². The number of carbonyl (C=O) groups excluding carboxylic acids is 3. The molecule has 0 unspecified atom stereocenters. The second-order valence-electron chi connectivity index (χ2n) is 6.61. The Morgan fingerprint density at radius 2 is 1.27 bits per heavy atom. The minimum absolute atomic E-state index is 0.129. The second-order valence-corrected chi connectivity index (χ2v) is 7.60. The third kappa shape index (κ3) is 5.48. The summed E-state index contributed by atoms with van der Waals surface area (Å²) in [5.74, 6) is -0.523. The van der Waals surface area contributed by atoms with Gasteiger partial charge in [-0.05, 0) is 60.3 Å². The zero-order valence-corrected chi connectivity index (χ0v) is 17.4. The van der Waals surface area contributed by atoms with Crippen molar-refractivity contribution < 1.29 is 14.4 Å². The predicted molar refractivity (Wildman–Crippen MR) is 120 cm³/mol. The van der Waals surface area contributed by atoms with Crippen LogP contribution in [0.1, 0.15) is 20.7 Å². The SMILES string of the molecule is CN(C)C(=O)Sc1ccccc1NC(=O)c1ccc(NC(=O)c2ccccc2)cc1. The van der Waals surface area contributed by atoms with Gasteiger partial charge in [-0.25, -0.2) is 0 Å². The minimum Gasteiger partial charge on any atom is -0.339 e. The van der Waals surface area contributed by atoms with Crippen molar-refractivity contribution in [3.63, 3.8) is 0 Å².